The molecule has 0 heterocycles. The summed E-state index contributed by atoms with van der Waals surface area (Å²) in [5.74, 6) is -0.400. The van der Waals surface area contributed by atoms with E-state index < -0.39 is 5.97 Å². The van der Waals surface area contributed by atoms with Gasteiger partial charge in [0.1, 0.15) is 0 Å². The Morgan fingerprint density at radius 2 is 2.11 bits per heavy atom. The van der Waals surface area contributed by atoms with Crippen LogP contribution in [0.1, 0.15) is 24.2 Å². The van der Waals surface area contributed by atoms with Crippen LogP contribution in [-0.4, -0.2) is 32.3 Å². The lowest BCUT2D eigenvalue weighted by molar-refractivity contribution is 0.0527. The Bertz CT molecular complexity index is 394. The molecule has 0 unspecified atom stereocenters. The summed E-state index contributed by atoms with van der Waals surface area (Å²) in [6, 6.07) is 5.21. The van der Waals surface area contributed by atoms with Crippen LogP contribution < -0.4 is 11.1 Å². The molecule has 0 bridgehead atoms. The number of esters is 1. The predicted octanol–water partition coefficient (Wildman–Crippen LogP) is 1.89. The lowest BCUT2D eigenvalue weighted by Crippen LogP contribution is -2.11. The number of nitrogens with two attached hydrogens (primary N) is 1. The molecule has 1 rings (SSSR count). The quantitative estimate of drug-likeness (QED) is 0.440. The topological polar surface area (TPSA) is 73.6 Å². The molecule has 0 atom stereocenters. The maximum Gasteiger partial charge on any atom is 0.340 e. The second-order valence-electron chi connectivity index (χ2n) is 3.65. The van der Waals surface area contributed by atoms with Crippen LogP contribution in [0.4, 0.5) is 11.4 Å². The number of ether oxygens (including phenoxy) is 2. The van der Waals surface area contributed by atoms with E-state index in [1.165, 1.54) is 0 Å². The van der Waals surface area contributed by atoms with E-state index in [-0.39, 0.29) is 0 Å². The fourth-order valence-electron chi connectivity index (χ4n) is 1.46. The van der Waals surface area contributed by atoms with E-state index in [0.29, 0.717) is 37.6 Å². The van der Waals surface area contributed by atoms with Crippen molar-refractivity contribution in [2.24, 2.45) is 0 Å². The first-order valence-corrected chi connectivity index (χ1v) is 6.07. The van der Waals surface area contributed by atoms with Crippen LogP contribution in [0, 0.1) is 0 Å². The molecular formula is C13H20N2O3. The van der Waals surface area contributed by atoms with Crippen LogP contribution in [0.15, 0.2) is 18.2 Å². The van der Waals surface area contributed by atoms with Crippen molar-refractivity contribution in [1.29, 1.82) is 0 Å². The minimum atomic E-state index is -0.400. The molecule has 0 radical (unpaired) electrons. The molecule has 1 aromatic carbocycles. The fourth-order valence-corrected chi connectivity index (χ4v) is 1.46. The van der Waals surface area contributed by atoms with E-state index in [1.54, 1.807) is 19.1 Å². The molecule has 5 heteroatoms. The molecule has 0 saturated carbocycles. The van der Waals surface area contributed by atoms with E-state index in [1.807, 2.05) is 13.0 Å². The fraction of sp³-hybridized carbons (Fsp3) is 0.462. The molecule has 0 amide bonds. The number of nitrogens with one attached hydrogen (secondary N) is 1. The number of hydrogen-bond acceptors (Lipinski definition) is 5. The molecule has 0 aliphatic heterocycles. The molecule has 3 N–H and O–H groups in total. The van der Waals surface area contributed by atoms with Gasteiger partial charge in [-0.15, -0.1) is 0 Å². The number of anilines is 2. The van der Waals surface area contributed by atoms with Crippen LogP contribution in [0.25, 0.3) is 0 Å². The van der Waals surface area contributed by atoms with Crippen molar-refractivity contribution in [3.05, 3.63) is 23.8 Å². The van der Waals surface area contributed by atoms with Gasteiger partial charge in [-0.3, -0.25) is 0 Å². The summed E-state index contributed by atoms with van der Waals surface area (Å²) in [4.78, 5) is 11.6. The monoisotopic (exact) mass is 252 g/mol. The van der Waals surface area contributed by atoms with Gasteiger partial charge >= 0.3 is 5.97 Å². The van der Waals surface area contributed by atoms with Crippen molar-refractivity contribution >= 4 is 17.3 Å². The van der Waals surface area contributed by atoms with E-state index in [0.717, 1.165) is 5.69 Å². The van der Waals surface area contributed by atoms with Gasteiger partial charge < -0.3 is 20.5 Å². The van der Waals surface area contributed by atoms with Crippen molar-refractivity contribution < 1.29 is 14.3 Å². The highest BCUT2D eigenvalue weighted by Crippen LogP contribution is 2.18. The highest BCUT2D eigenvalue weighted by molar-refractivity contribution is 5.96. The third-order valence-electron chi connectivity index (χ3n) is 2.33. The zero-order valence-electron chi connectivity index (χ0n) is 10.9. The Kier molecular flexibility index (Phi) is 6.00. The van der Waals surface area contributed by atoms with E-state index in [4.69, 9.17) is 15.2 Å². The van der Waals surface area contributed by atoms with Gasteiger partial charge in [-0.1, -0.05) is 0 Å². The minimum absolute atomic E-state index is 0.334. The Morgan fingerprint density at radius 3 is 2.78 bits per heavy atom. The van der Waals surface area contributed by atoms with Crippen molar-refractivity contribution in [2.75, 3.05) is 37.4 Å². The lowest BCUT2D eigenvalue weighted by Gasteiger charge is -2.10. The van der Waals surface area contributed by atoms with Gasteiger partial charge in [0.05, 0.1) is 18.8 Å². The zero-order chi connectivity index (χ0) is 13.4. The molecule has 0 aliphatic carbocycles. The molecule has 0 saturated heterocycles. The molecule has 0 fully saturated rings. The normalized spacial score (nSPS) is 10.1. The second-order valence-corrected chi connectivity index (χ2v) is 3.65. The summed E-state index contributed by atoms with van der Waals surface area (Å²) in [6.45, 7) is 6.04. The van der Waals surface area contributed by atoms with E-state index >= 15 is 0 Å². The number of rotatable bonds is 7. The van der Waals surface area contributed by atoms with Crippen LogP contribution >= 0.6 is 0 Å². The number of nitrogen functional groups attached to an aromatic ring is 1. The number of carbonyl (C=O) groups is 1. The minimum Gasteiger partial charge on any atom is -0.462 e. The molecule has 0 aromatic heterocycles. The van der Waals surface area contributed by atoms with Crippen molar-refractivity contribution in [3.8, 4) is 0 Å². The first kappa shape index (κ1) is 14.3. The summed E-state index contributed by atoms with van der Waals surface area (Å²) >= 11 is 0. The first-order valence-electron chi connectivity index (χ1n) is 6.07. The van der Waals surface area contributed by atoms with E-state index in [2.05, 4.69) is 5.32 Å². The molecule has 0 spiro atoms. The van der Waals surface area contributed by atoms with Gasteiger partial charge in [-0.05, 0) is 32.0 Å². The average Bonchev–Trinajstić information content (AvgIpc) is 2.36. The summed E-state index contributed by atoms with van der Waals surface area (Å²) in [5, 5.41) is 3.16. The van der Waals surface area contributed by atoms with Gasteiger partial charge in [0.15, 0.2) is 0 Å². The molecule has 18 heavy (non-hydrogen) atoms. The largest absolute Gasteiger partial charge is 0.462 e. The maximum atomic E-state index is 11.6. The van der Waals surface area contributed by atoms with Gasteiger partial charge in [0, 0.05) is 24.5 Å². The maximum absolute atomic E-state index is 11.6. The van der Waals surface area contributed by atoms with Gasteiger partial charge in [-0.25, -0.2) is 4.79 Å². The van der Waals surface area contributed by atoms with Gasteiger partial charge in [0.25, 0.3) is 0 Å². The Balaban J connectivity index is 2.65. The first-order chi connectivity index (χ1) is 8.69. The van der Waals surface area contributed by atoms with Crippen LogP contribution in [0.2, 0.25) is 0 Å². The van der Waals surface area contributed by atoms with Gasteiger partial charge in [-0.2, -0.15) is 0 Å². The summed E-state index contributed by atoms with van der Waals surface area (Å²) in [7, 11) is 0. The SMILES string of the molecule is CCOCCNc1ccc(N)c(C(=O)OCC)c1. The van der Waals surface area contributed by atoms with Crippen molar-refractivity contribution in [2.45, 2.75) is 13.8 Å². The van der Waals surface area contributed by atoms with Crippen LogP contribution in [0.3, 0.4) is 0 Å². The number of benzene rings is 1. The van der Waals surface area contributed by atoms with Crippen LogP contribution in [0.5, 0.6) is 0 Å². The Labute approximate surface area is 107 Å². The molecule has 100 valence electrons. The average molecular weight is 252 g/mol. The highest BCUT2D eigenvalue weighted by atomic mass is 16.5. The van der Waals surface area contributed by atoms with E-state index in [9.17, 15) is 4.79 Å². The lowest BCUT2D eigenvalue weighted by atomic mass is 10.1. The smallest absolute Gasteiger partial charge is 0.340 e. The molecule has 1 aromatic rings. The van der Waals surface area contributed by atoms with Crippen molar-refractivity contribution in [3.63, 3.8) is 0 Å². The second kappa shape index (κ2) is 7.55. The molecule has 0 aliphatic rings. The third-order valence-corrected chi connectivity index (χ3v) is 2.33. The number of carbonyl (C=O) groups excluding carboxylic acids is 1. The number of hydrogen-bond donors (Lipinski definition) is 2. The zero-order valence-corrected chi connectivity index (χ0v) is 10.9. The summed E-state index contributed by atoms with van der Waals surface area (Å²) in [5.41, 5.74) is 7.38. The molecular weight excluding hydrogens is 232 g/mol. The summed E-state index contributed by atoms with van der Waals surface area (Å²) < 4.78 is 10.2. The standard InChI is InChI=1S/C13H20N2O3/c1-3-17-8-7-15-10-5-6-12(14)11(9-10)13(16)18-4-2/h5-6,9,15H,3-4,7-8,14H2,1-2H3. The Hall–Kier alpha value is -1.75. The Morgan fingerprint density at radius 1 is 1.33 bits per heavy atom. The predicted molar refractivity (Wildman–Crippen MR) is 71.8 cm³/mol. The third kappa shape index (κ3) is 4.25. The molecule has 5 nitrogen and oxygen atoms in total. The van der Waals surface area contributed by atoms with Crippen molar-refractivity contribution in [1.82, 2.24) is 0 Å². The van der Waals surface area contributed by atoms with Gasteiger partial charge in [0.2, 0.25) is 0 Å². The highest BCUT2D eigenvalue weighted by Gasteiger charge is 2.11. The summed E-state index contributed by atoms with van der Waals surface area (Å²) in [6.07, 6.45) is 0. The van der Waals surface area contributed by atoms with Crippen LogP contribution in [-0.2, 0) is 9.47 Å².